The molecule has 1 saturated heterocycles. The number of carbonyl (C=O) groups is 2. The van der Waals surface area contributed by atoms with E-state index in [9.17, 15) is 14.7 Å². The number of benzene rings is 3. The van der Waals surface area contributed by atoms with Crippen LogP contribution in [-0.4, -0.2) is 51.9 Å². The van der Waals surface area contributed by atoms with Gasteiger partial charge in [0.2, 0.25) is 0 Å². The molecule has 1 fully saturated rings. The zero-order chi connectivity index (χ0) is 28.9. The summed E-state index contributed by atoms with van der Waals surface area (Å²) in [5.41, 5.74) is 4.51. The fraction of sp³-hybridized carbons (Fsp3) is 0.242. The van der Waals surface area contributed by atoms with Gasteiger partial charge in [0.05, 0.1) is 17.9 Å². The van der Waals surface area contributed by atoms with Gasteiger partial charge >= 0.3 is 0 Å². The monoisotopic (exact) mass is 550 g/mol. The summed E-state index contributed by atoms with van der Waals surface area (Å²) in [5, 5.41) is 11.4. The average molecular weight is 551 g/mol. The molecule has 41 heavy (non-hydrogen) atoms. The predicted octanol–water partition coefficient (Wildman–Crippen LogP) is 5.35. The molecule has 5 rings (SSSR count). The van der Waals surface area contributed by atoms with Crippen molar-refractivity contribution in [2.45, 2.75) is 32.5 Å². The zero-order valence-corrected chi connectivity index (χ0v) is 23.5. The van der Waals surface area contributed by atoms with E-state index < -0.39 is 17.7 Å². The van der Waals surface area contributed by atoms with Crippen LogP contribution in [0.1, 0.15) is 34.7 Å². The van der Waals surface area contributed by atoms with Gasteiger partial charge in [-0.05, 0) is 60.9 Å². The largest absolute Gasteiger partial charge is 0.507 e. The van der Waals surface area contributed by atoms with Crippen molar-refractivity contribution in [3.63, 3.8) is 0 Å². The molecule has 0 bridgehead atoms. The number of aromatic nitrogens is 2. The summed E-state index contributed by atoms with van der Waals surface area (Å²) in [6, 6.07) is 22.0. The summed E-state index contributed by atoms with van der Waals surface area (Å²) in [7, 11) is 3.90. The Morgan fingerprint density at radius 3 is 2.41 bits per heavy atom. The standard InChI is InChI=1S/C33H34N4O4/c1-23-6-4-7-24(20-23)21-41-28-14-10-26(11-15-28)31(38)29-30(25-8-12-27(13-9-25)35(2)3)37(33(40)32(29)39)18-5-17-36-19-16-34-22-36/h4,6-16,19-20,22,30,38H,5,17-18,21H2,1-3H3. The number of Topliss-reactive ketones (excluding diaryl/α,β-unsaturated/α-hetero) is 1. The number of aliphatic hydroxyl groups is 1. The van der Waals surface area contributed by atoms with E-state index in [1.807, 2.05) is 79.1 Å². The first kappa shape index (κ1) is 27.7. The summed E-state index contributed by atoms with van der Waals surface area (Å²) in [6.45, 7) is 3.46. The van der Waals surface area contributed by atoms with Crippen LogP contribution in [0.3, 0.4) is 0 Å². The molecule has 8 nitrogen and oxygen atoms in total. The Bertz CT molecular complexity index is 1540. The molecule has 1 atom stereocenters. The Balaban J connectivity index is 1.42. The molecule has 1 aromatic heterocycles. The topological polar surface area (TPSA) is 87.9 Å². The van der Waals surface area contributed by atoms with Gasteiger partial charge in [-0.3, -0.25) is 9.59 Å². The van der Waals surface area contributed by atoms with Crippen LogP contribution in [0.5, 0.6) is 5.75 Å². The fourth-order valence-electron chi connectivity index (χ4n) is 5.09. The number of hydrogen-bond donors (Lipinski definition) is 1. The van der Waals surface area contributed by atoms with E-state index in [1.54, 1.807) is 41.7 Å². The maximum absolute atomic E-state index is 13.4. The lowest BCUT2D eigenvalue weighted by Gasteiger charge is -2.26. The zero-order valence-electron chi connectivity index (χ0n) is 23.5. The number of nitrogens with zero attached hydrogens (tertiary/aromatic N) is 4. The smallest absolute Gasteiger partial charge is 0.295 e. The molecular formula is C33H34N4O4. The summed E-state index contributed by atoms with van der Waals surface area (Å²) < 4.78 is 7.85. The van der Waals surface area contributed by atoms with Crippen LogP contribution in [0.15, 0.2) is 97.1 Å². The second kappa shape index (κ2) is 12.1. The Kier molecular flexibility index (Phi) is 8.19. The van der Waals surface area contributed by atoms with Gasteiger partial charge in [0.15, 0.2) is 0 Å². The first-order chi connectivity index (χ1) is 19.8. The Morgan fingerprint density at radius 2 is 1.76 bits per heavy atom. The number of hydrogen-bond acceptors (Lipinski definition) is 6. The van der Waals surface area contributed by atoms with Gasteiger partial charge in [0.1, 0.15) is 18.1 Å². The van der Waals surface area contributed by atoms with Crippen LogP contribution in [-0.2, 0) is 22.7 Å². The van der Waals surface area contributed by atoms with Crippen LogP contribution in [0.2, 0.25) is 0 Å². The van der Waals surface area contributed by atoms with E-state index in [0.717, 1.165) is 22.4 Å². The molecule has 8 heteroatoms. The van der Waals surface area contributed by atoms with Crippen LogP contribution in [0.25, 0.3) is 5.76 Å². The quantitative estimate of drug-likeness (QED) is 0.163. The Hall–Kier alpha value is -4.85. The van der Waals surface area contributed by atoms with E-state index in [-0.39, 0.29) is 11.3 Å². The lowest BCUT2D eigenvalue weighted by atomic mass is 9.95. The predicted molar refractivity (Wildman–Crippen MR) is 159 cm³/mol. The molecule has 1 N–H and O–H groups in total. The third-order valence-electron chi connectivity index (χ3n) is 7.26. The van der Waals surface area contributed by atoms with Crippen molar-refractivity contribution in [2.24, 2.45) is 0 Å². The van der Waals surface area contributed by atoms with Gasteiger partial charge in [-0.2, -0.15) is 0 Å². The molecule has 0 spiro atoms. The summed E-state index contributed by atoms with van der Waals surface area (Å²) in [5.74, 6) is -0.866. The number of amides is 1. The lowest BCUT2D eigenvalue weighted by Crippen LogP contribution is -2.31. The minimum absolute atomic E-state index is 0.0867. The summed E-state index contributed by atoms with van der Waals surface area (Å²) in [6.07, 6.45) is 5.92. The number of anilines is 1. The number of carbonyl (C=O) groups excluding carboxylic acids is 2. The molecule has 1 aliphatic heterocycles. The molecule has 4 aromatic rings. The van der Waals surface area contributed by atoms with Crippen LogP contribution >= 0.6 is 0 Å². The van der Waals surface area contributed by atoms with Crippen molar-refractivity contribution in [3.8, 4) is 5.75 Å². The SMILES string of the molecule is Cc1cccc(COc2ccc(C(O)=C3C(=O)C(=O)N(CCCn4ccnc4)C3c3ccc(N(C)C)cc3)cc2)c1. The fourth-order valence-corrected chi connectivity index (χ4v) is 5.09. The first-order valence-electron chi connectivity index (χ1n) is 13.6. The molecule has 0 radical (unpaired) electrons. The second-order valence-corrected chi connectivity index (χ2v) is 10.4. The van der Waals surface area contributed by atoms with Gasteiger partial charge in [-0.25, -0.2) is 4.98 Å². The summed E-state index contributed by atoms with van der Waals surface area (Å²) in [4.78, 5) is 34.3. The lowest BCUT2D eigenvalue weighted by molar-refractivity contribution is -0.139. The Labute approximate surface area is 240 Å². The van der Waals surface area contributed by atoms with E-state index in [2.05, 4.69) is 11.1 Å². The van der Waals surface area contributed by atoms with E-state index in [0.29, 0.717) is 37.4 Å². The molecule has 210 valence electrons. The molecule has 1 unspecified atom stereocenters. The van der Waals surface area contributed by atoms with Crippen molar-refractivity contribution >= 4 is 23.1 Å². The molecule has 1 amide bonds. The third-order valence-corrected chi connectivity index (χ3v) is 7.26. The minimum atomic E-state index is -0.703. The number of imidazole rings is 1. The van der Waals surface area contributed by atoms with Crippen LogP contribution < -0.4 is 9.64 Å². The highest BCUT2D eigenvalue weighted by Crippen LogP contribution is 2.40. The number of ether oxygens (including phenoxy) is 1. The second-order valence-electron chi connectivity index (χ2n) is 10.4. The highest BCUT2D eigenvalue weighted by Gasteiger charge is 2.45. The van der Waals surface area contributed by atoms with Crippen LogP contribution in [0, 0.1) is 6.92 Å². The first-order valence-corrected chi connectivity index (χ1v) is 13.6. The van der Waals surface area contributed by atoms with E-state index in [4.69, 9.17) is 4.74 Å². The molecule has 2 heterocycles. The normalized spacial score (nSPS) is 16.3. The number of likely N-dealkylation sites (tertiary alicyclic amines) is 1. The van der Waals surface area contributed by atoms with E-state index in [1.165, 1.54) is 0 Å². The molecule has 0 aliphatic carbocycles. The average Bonchev–Trinajstić information content (AvgIpc) is 3.58. The van der Waals surface area contributed by atoms with Crippen LogP contribution in [0.4, 0.5) is 5.69 Å². The van der Waals surface area contributed by atoms with Gasteiger partial charge in [-0.1, -0.05) is 42.0 Å². The highest BCUT2D eigenvalue weighted by molar-refractivity contribution is 6.46. The highest BCUT2D eigenvalue weighted by atomic mass is 16.5. The summed E-state index contributed by atoms with van der Waals surface area (Å²) >= 11 is 0. The number of aliphatic hydroxyl groups excluding tert-OH is 1. The van der Waals surface area contributed by atoms with Gasteiger partial charge in [0.25, 0.3) is 11.7 Å². The van der Waals surface area contributed by atoms with Gasteiger partial charge in [0, 0.05) is 50.8 Å². The molecular weight excluding hydrogens is 516 g/mol. The van der Waals surface area contributed by atoms with Crippen molar-refractivity contribution < 1.29 is 19.4 Å². The minimum Gasteiger partial charge on any atom is -0.507 e. The number of aryl methyl sites for hydroxylation is 2. The third kappa shape index (κ3) is 6.17. The maximum atomic E-state index is 13.4. The van der Waals surface area contributed by atoms with Crippen molar-refractivity contribution in [1.29, 1.82) is 0 Å². The van der Waals surface area contributed by atoms with Crippen molar-refractivity contribution in [3.05, 3.63) is 119 Å². The van der Waals surface area contributed by atoms with E-state index >= 15 is 0 Å². The molecule has 3 aromatic carbocycles. The van der Waals surface area contributed by atoms with Gasteiger partial charge in [-0.15, -0.1) is 0 Å². The Morgan fingerprint density at radius 1 is 1.00 bits per heavy atom. The number of ketones is 1. The molecule has 1 aliphatic rings. The number of rotatable bonds is 10. The molecule has 0 saturated carbocycles. The van der Waals surface area contributed by atoms with Gasteiger partial charge < -0.3 is 24.2 Å². The van der Waals surface area contributed by atoms with Crippen molar-refractivity contribution in [1.82, 2.24) is 14.5 Å². The van der Waals surface area contributed by atoms with Crippen molar-refractivity contribution in [2.75, 3.05) is 25.5 Å². The maximum Gasteiger partial charge on any atom is 0.295 e.